The molecule has 0 aliphatic carbocycles. The van der Waals surface area contributed by atoms with E-state index in [1.807, 2.05) is 0 Å². The molecule has 1 rings (SSSR count). The van der Waals surface area contributed by atoms with Gasteiger partial charge in [0.05, 0.1) is 24.7 Å². The van der Waals surface area contributed by atoms with Crippen LogP contribution in [-0.4, -0.2) is 43.4 Å². The summed E-state index contributed by atoms with van der Waals surface area (Å²) in [6, 6.07) is 0. The van der Waals surface area contributed by atoms with Crippen molar-refractivity contribution in [2.45, 2.75) is 51.9 Å². The van der Waals surface area contributed by atoms with E-state index in [4.69, 9.17) is 0 Å². The molecule has 0 spiro atoms. The third kappa shape index (κ3) is 4.72. The molecule has 0 aromatic rings. The van der Waals surface area contributed by atoms with Gasteiger partial charge in [-0.05, 0) is 18.8 Å². The Balaban J connectivity index is 2.54. The van der Waals surface area contributed by atoms with Crippen LogP contribution in [0.15, 0.2) is 0 Å². The molecule has 114 valence electrons. The molecule has 1 saturated heterocycles. The van der Waals surface area contributed by atoms with Gasteiger partial charge in [-0.3, -0.25) is 0 Å². The molecule has 0 saturated carbocycles. The number of aliphatic hydroxyl groups is 2. The number of hydrogen-bond donors (Lipinski definition) is 2. The van der Waals surface area contributed by atoms with Crippen LogP contribution in [0, 0.1) is 11.3 Å². The van der Waals surface area contributed by atoms with E-state index in [0.29, 0.717) is 6.42 Å². The first kappa shape index (κ1) is 16.9. The van der Waals surface area contributed by atoms with Crippen molar-refractivity contribution in [2.24, 2.45) is 11.3 Å². The molecule has 0 bridgehead atoms. The number of sulfone groups is 1. The highest BCUT2D eigenvalue weighted by molar-refractivity contribution is 7.91. The first-order valence-corrected chi connectivity index (χ1v) is 9.24. The lowest BCUT2D eigenvalue weighted by atomic mass is 9.72. The maximum absolute atomic E-state index is 11.6. The number of rotatable bonds is 9. The second kappa shape index (κ2) is 7.60. The van der Waals surface area contributed by atoms with Gasteiger partial charge in [0.1, 0.15) is 0 Å². The summed E-state index contributed by atoms with van der Waals surface area (Å²) in [4.78, 5) is 0. The van der Waals surface area contributed by atoms with Crippen LogP contribution < -0.4 is 0 Å². The predicted molar refractivity (Wildman–Crippen MR) is 76.7 cm³/mol. The fourth-order valence-corrected chi connectivity index (χ4v) is 4.97. The van der Waals surface area contributed by atoms with E-state index < -0.39 is 15.3 Å². The molecule has 0 amide bonds. The molecule has 0 radical (unpaired) electrons. The van der Waals surface area contributed by atoms with Crippen LogP contribution in [0.2, 0.25) is 0 Å². The molecule has 1 aliphatic rings. The minimum Gasteiger partial charge on any atom is -0.396 e. The molecular weight excluding hydrogens is 264 g/mol. The second-order valence-corrected chi connectivity index (χ2v) is 8.17. The summed E-state index contributed by atoms with van der Waals surface area (Å²) in [6.07, 6.45) is 6.93. The summed E-state index contributed by atoms with van der Waals surface area (Å²) in [7, 11) is -2.96. The third-order valence-electron chi connectivity index (χ3n) is 4.51. The van der Waals surface area contributed by atoms with Gasteiger partial charge in [0, 0.05) is 5.41 Å². The van der Waals surface area contributed by atoms with Crippen molar-refractivity contribution in [1.82, 2.24) is 0 Å². The fraction of sp³-hybridized carbons (Fsp3) is 1.00. The van der Waals surface area contributed by atoms with Crippen LogP contribution in [0.5, 0.6) is 0 Å². The standard InChI is InChI=1S/C14H28O4S/c1-2-3-4-5-6-8-14(11-15,12-16)13-7-9-19(17,18)10-13/h13,15-16H,2-12H2,1H3. The number of aliphatic hydroxyl groups excluding tert-OH is 2. The van der Waals surface area contributed by atoms with Crippen molar-refractivity contribution >= 4 is 9.84 Å². The van der Waals surface area contributed by atoms with Crippen LogP contribution >= 0.6 is 0 Å². The largest absolute Gasteiger partial charge is 0.396 e. The van der Waals surface area contributed by atoms with E-state index in [0.717, 1.165) is 19.3 Å². The van der Waals surface area contributed by atoms with E-state index in [-0.39, 0.29) is 30.6 Å². The Labute approximate surface area is 117 Å². The van der Waals surface area contributed by atoms with Gasteiger partial charge < -0.3 is 10.2 Å². The lowest BCUT2D eigenvalue weighted by Gasteiger charge is -2.35. The Morgan fingerprint density at radius 1 is 1.11 bits per heavy atom. The minimum atomic E-state index is -2.96. The van der Waals surface area contributed by atoms with Gasteiger partial charge in [-0.1, -0.05) is 39.0 Å². The maximum atomic E-state index is 11.6. The normalized spacial score (nSPS) is 22.8. The molecular formula is C14H28O4S. The van der Waals surface area contributed by atoms with Crippen LogP contribution in [0.3, 0.4) is 0 Å². The first-order chi connectivity index (χ1) is 8.99. The molecule has 5 heteroatoms. The van der Waals surface area contributed by atoms with Gasteiger partial charge in [-0.25, -0.2) is 8.42 Å². The molecule has 19 heavy (non-hydrogen) atoms. The monoisotopic (exact) mass is 292 g/mol. The average Bonchev–Trinajstić information content (AvgIpc) is 2.75. The quantitative estimate of drug-likeness (QED) is 0.635. The zero-order chi connectivity index (χ0) is 14.4. The van der Waals surface area contributed by atoms with E-state index in [1.54, 1.807) is 0 Å². The molecule has 1 fully saturated rings. The van der Waals surface area contributed by atoms with E-state index >= 15 is 0 Å². The number of unbranched alkanes of at least 4 members (excludes halogenated alkanes) is 4. The second-order valence-electron chi connectivity index (χ2n) is 5.94. The molecule has 1 atom stereocenters. The maximum Gasteiger partial charge on any atom is 0.150 e. The van der Waals surface area contributed by atoms with Crippen LogP contribution in [0.25, 0.3) is 0 Å². The highest BCUT2D eigenvalue weighted by Gasteiger charge is 2.43. The van der Waals surface area contributed by atoms with E-state index in [9.17, 15) is 18.6 Å². The Morgan fingerprint density at radius 2 is 1.74 bits per heavy atom. The third-order valence-corrected chi connectivity index (χ3v) is 6.27. The van der Waals surface area contributed by atoms with E-state index in [2.05, 4.69) is 6.92 Å². The Bertz CT molecular complexity index is 346. The summed E-state index contributed by atoms with van der Waals surface area (Å²) >= 11 is 0. The molecule has 4 nitrogen and oxygen atoms in total. The Kier molecular flexibility index (Phi) is 6.77. The summed E-state index contributed by atoms with van der Waals surface area (Å²) in [6.45, 7) is 1.93. The molecule has 2 N–H and O–H groups in total. The van der Waals surface area contributed by atoms with Crippen LogP contribution in [0.4, 0.5) is 0 Å². The van der Waals surface area contributed by atoms with Crippen LogP contribution in [-0.2, 0) is 9.84 Å². The van der Waals surface area contributed by atoms with Crippen molar-refractivity contribution in [2.75, 3.05) is 24.7 Å². The van der Waals surface area contributed by atoms with Crippen molar-refractivity contribution in [3.05, 3.63) is 0 Å². The van der Waals surface area contributed by atoms with Gasteiger partial charge >= 0.3 is 0 Å². The Hall–Kier alpha value is -0.130. The van der Waals surface area contributed by atoms with Gasteiger partial charge in [0.25, 0.3) is 0 Å². The molecule has 1 heterocycles. The summed E-state index contributed by atoms with van der Waals surface area (Å²) in [5.41, 5.74) is -0.601. The fourth-order valence-electron chi connectivity index (χ4n) is 3.03. The SMILES string of the molecule is CCCCCCCC(CO)(CO)C1CCS(=O)(=O)C1. The number of hydrogen-bond acceptors (Lipinski definition) is 4. The van der Waals surface area contributed by atoms with Crippen molar-refractivity contribution in [1.29, 1.82) is 0 Å². The zero-order valence-corrected chi connectivity index (χ0v) is 12.8. The zero-order valence-electron chi connectivity index (χ0n) is 12.0. The topological polar surface area (TPSA) is 74.6 Å². The first-order valence-electron chi connectivity index (χ1n) is 7.42. The van der Waals surface area contributed by atoms with E-state index in [1.165, 1.54) is 19.3 Å². The lowest BCUT2D eigenvalue weighted by molar-refractivity contribution is 0.00310. The minimum absolute atomic E-state index is 0.0846. The molecule has 0 aromatic heterocycles. The molecule has 1 unspecified atom stereocenters. The molecule has 1 aliphatic heterocycles. The van der Waals surface area contributed by atoms with Crippen molar-refractivity contribution in [3.63, 3.8) is 0 Å². The van der Waals surface area contributed by atoms with Crippen molar-refractivity contribution < 1.29 is 18.6 Å². The van der Waals surface area contributed by atoms with Crippen molar-refractivity contribution in [3.8, 4) is 0 Å². The smallest absolute Gasteiger partial charge is 0.150 e. The summed E-state index contributed by atoms with van der Waals surface area (Å²) in [5.74, 6) is 0.247. The summed E-state index contributed by atoms with van der Waals surface area (Å²) in [5, 5.41) is 19.3. The van der Waals surface area contributed by atoms with Gasteiger partial charge in [-0.2, -0.15) is 0 Å². The van der Waals surface area contributed by atoms with Crippen LogP contribution in [0.1, 0.15) is 51.9 Å². The molecule has 0 aromatic carbocycles. The van der Waals surface area contributed by atoms with Gasteiger partial charge in [-0.15, -0.1) is 0 Å². The van der Waals surface area contributed by atoms with Gasteiger partial charge in [0.2, 0.25) is 0 Å². The predicted octanol–water partition coefficient (Wildman–Crippen LogP) is 1.75. The van der Waals surface area contributed by atoms with Gasteiger partial charge in [0.15, 0.2) is 9.84 Å². The Morgan fingerprint density at radius 3 is 2.21 bits per heavy atom. The average molecular weight is 292 g/mol. The lowest BCUT2D eigenvalue weighted by Crippen LogP contribution is -2.38. The highest BCUT2D eigenvalue weighted by atomic mass is 32.2. The highest BCUT2D eigenvalue weighted by Crippen LogP contribution is 2.39. The summed E-state index contributed by atoms with van der Waals surface area (Å²) < 4.78 is 23.1.